The van der Waals surface area contributed by atoms with E-state index in [1.165, 1.54) is 6.08 Å². The summed E-state index contributed by atoms with van der Waals surface area (Å²) in [6, 6.07) is 13.6. The third kappa shape index (κ3) is 5.53. The van der Waals surface area contributed by atoms with Crippen molar-refractivity contribution in [3.63, 3.8) is 0 Å². The summed E-state index contributed by atoms with van der Waals surface area (Å²) in [5.74, 6) is -1.51. The van der Waals surface area contributed by atoms with Crippen molar-refractivity contribution in [1.29, 1.82) is 0 Å². The Balaban J connectivity index is 1.59. The van der Waals surface area contributed by atoms with Crippen molar-refractivity contribution in [1.82, 2.24) is 9.80 Å². The fourth-order valence-corrected chi connectivity index (χ4v) is 4.59. The fourth-order valence-electron chi connectivity index (χ4n) is 4.28. The molecular weight excluding hydrogens is 475 g/mol. The summed E-state index contributed by atoms with van der Waals surface area (Å²) in [4.78, 5) is 30.1. The van der Waals surface area contributed by atoms with Gasteiger partial charge >= 0.3 is 0 Å². The largest absolute Gasteiger partial charge is 0.503 e. The molecule has 1 saturated heterocycles. The van der Waals surface area contributed by atoms with E-state index in [4.69, 9.17) is 27.9 Å². The van der Waals surface area contributed by atoms with Gasteiger partial charge < -0.3 is 14.7 Å². The highest BCUT2D eigenvalue weighted by molar-refractivity contribution is 6.42. The molecule has 1 unspecified atom stereocenters. The first-order valence-corrected chi connectivity index (χ1v) is 12.0. The maximum absolute atomic E-state index is 13.2. The molecular formula is C26H26Cl2N2O4. The minimum atomic E-state index is -0.750. The molecule has 0 spiro atoms. The zero-order valence-corrected chi connectivity index (χ0v) is 20.1. The molecule has 2 aromatic carbocycles. The molecule has 1 amide bonds. The molecule has 178 valence electrons. The molecule has 2 heterocycles. The van der Waals surface area contributed by atoms with E-state index in [0.717, 1.165) is 25.2 Å². The van der Waals surface area contributed by atoms with E-state index in [-0.39, 0.29) is 5.57 Å². The Kier molecular flexibility index (Phi) is 8.06. The van der Waals surface area contributed by atoms with Gasteiger partial charge in [0.15, 0.2) is 11.5 Å². The molecule has 0 bridgehead atoms. The topological polar surface area (TPSA) is 70.1 Å². The van der Waals surface area contributed by atoms with E-state index in [1.807, 2.05) is 30.3 Å². The normalized spacial score (nSPS) is 19.4. The van der Waals surface area contributed by atoms with Crippen molar-refractivity contribution < 1.29 is 19.4 Å². The maximum Gasteiger partial charge on any atom is 0.290 e. The van der Waals surface area contributed by atoms with Gasteiger partial charge in [-0.25, -0.2) is 0 Å². The van der Waals surface area contributed by atoms with Gasteiger partial charge in [-0.3, -0.25) is 14.5 Å². The first-order valence-electron chi connectivity index (χ1n) is 11.2. The van der Waals surface area contributed by atoms with E-state index < -0.39 is 23.5 Å². The standard InChI is InChI=1S/C26H26Cl2N2O4/c27-20-9-8-19(17-21(20)28)24-23(22(31)10-7-18-5-2-1-3-6-18)25(32)26(33)30(24)12-4-11-29-13-15-34-16-14-29/h1-3,5-10,17,24,32H,4,11-16H2. The SMILES string of the molecule is O=C(C=Cc1ccccc1)C1=C(O)C(=O)N(CCCN2CCOCC2)C1c1ccc(Cl)c(Cl)c1. The lowest BCUT2D eigenvalue weighted by atomic mass is 9.95. The van der Waals surface area contributed by atoms with Gasteiger partial charge in [-0.2, -0.15) is 0 Å². The van der Waals surface area contributed by atoms with E-state index >= 15 is 0 Å². The van der Waals surface area contributed by atoms with Crippen molar-refractivity contribution in [2.45, 2.75) is 12.5 Å². The number of allylic oxidation sites excluding steroid dienone is 1. The van der Waals surface area contributed by atoms with Crippen molar-refractivity contribution in [3.05, 3.63) is 87.1 Å². The number of hydrogen-bond acceptors (Lipinski definition) is 5. The van der Waals surface area contributed by atoms with Gasteiger partial charge in [0.25, 0.3) is 5.91 Å². The van der Waals surface area contributed by atoms with E-state index in [2.05, 4.69) is 4.90 Å². The van der Waals surface area contributed by atoms with E-state index in [0.29, 0.717) is 41.8 Å². The second-order valence-corrected chi connectivity index (χ2v) is 9.07. The molecule has 0 aliphatic carbocycles. The Morgan fingerprint density at radius 3 is 2.50 bits per heavy atom. The number of amides is 1. The number of carbonyl (C=O) groups is 2. The zero-order chi connectivity index (χ0) is 24.1. The summed E-state index contributed by atoms with van der Waals surface area (Å²) >= 11 is 12.4. The number of carbonyl (C=O) groups excluding carboxylic acids is 2. The lowest BCUT2D eigenvalue weighted by Crippen LogP contribution is -2.39. The molecule has 2 aromatic rings. The number of benzene rings is 2. The van der Waals surface area contributed by atoms with Gasteiger partial charge in [-0.1, -0.05) is 65.7 Å². The van der Waals surface area contributed by atoms with E-state index in [1.54, 1.807) is 29.2 Å². The molecule has 8 heteroatoms. The molecule has 6 nitrogen and oxygen atoms in total. The minimum absolute atomic E-state index is 0.0435. The summed E-state index contributed by atoms with van der Waals surface area (Å²) in [7, 11) is 0. The first-order chi connectivity index (χ1) is 16.5. The molecule has 0 saturated carbocycles. The van der Waals surface area contributed by atoms with Gasteiger partial charge in [0, 0.05) is 26.2 Å². The lowest BCUT2D eigenvalue weighted by molar-refractivity contribution is -0.129. The summed E-state index contributed by atoms with van der Waals surface area (Å²) in [5.41, 5.74) is 1.50. The molecule has 34 heavy (non-hydrogen) atoms. The van der Waals surface area contributed by atoms with Crippen molar-refractivity contribution in [2.24, 2.45) is 0 Å². The average molecular weight is 501 g/mol. The Labute approximate surface area is 209 Å². The molecule has 0 radical (unpaired) electrons. The van der Waals surface area contributed by atoms with Crippen molar-refractivity contribution >= 4 is 41.0 Å². The van der Waals surface area contributed by atoms with Crippen molar-refractivity contribution in [2.75, 3.05) is 39.4 Å². The third-order valence-corrected chi connectivity index (χ3v) is 6.77. The van der Waals surface area contributed by atoms with Crippen LogP contribution in [0.15, 0.2) is 65.9 Å². The van der Waals surface area contributed by atoms with Gasteiger partial charge in [0.2, 0.25) is 0 Å². The summed E-state index contributed by atoms with van der Waals surface area (Å²) < 4.78 is 5.39. The number of morpholine rings is 1. The lowest BCUT2D eigenvalue weighted by Gasteiger charge is -2.30. The monoisotopic (exact) mass is 500 g/mol. The number of nitrogens with zero attached hydrogens (tertiary/aromatic N) is 2. The second-order valence-electron chi connectivity index (χ2n) is 8.25. The smallest absolute Gasteiger partial charge is 0.290 e. The molecule has 1 fully saturated rings. The van der Waals surface area contributed by atoms with Crippen LogP contribution in [0.4, 0.5) is 0 Å². The quantitative estimate of drug-likeness (QED) is 0.532. The third-order valence-electron chi connectivity index (χ3n) is 6.03. The highest BCUT2D eigenvalue weighted by atomic mass is 35.5. The van der Waals surface area contributed by atoms with Crippen LogP contribution in [0.5, 0.6) is 0 Å². The fraction of sp³-hybridized carbons (Fsp3) is 0.308. The van der Waals surface area contributed by atoms with Crippen LogP contribution in [0.1, 0.15) is 23.6 Å². The predicted octanol–water partition coefficient (Wildman–Crippen LogP) is 4.69. The molecule has 0 aromatic heterocycles. The van der Waals surface area contributed by atoms with Crippen LogP contribution in [-0.2, 0) is 14.3 Å². The van der Waals surface area contributed by atoms with Crippen LogP contribution in [-0.4, -0.2) is 66.0 Å². The highest BCUT2D eigenvalue weighted by Crippen LogP contribution is 2.39. The number of hydrogen-bond donors (Lipinski definition) is 1. The highest BCUT2D eigenvalue weighted by Gasteiger charge is 2.42. The van der Waals surface area contributed by atoms with Gasteiger partial charge in [-0.15, -0.1) is 0 Å². The summed E-state index contributed by atoms with van der Waals surface area (Å²) in [6.07, 6.45) is 3.74. The van der Waals surface area contributed by atoms with Crippen LogP contribution in [0.2, 0.25) is 10.0 Å². The molecule has 2 aliphatic rings. The zero-order valence-electron chi connectivity index (χ0n) is 18.6. The Morgan fingerprint density at radius 2 is 1.79 bits per heavy atom. The summed E-state index contributed by atoms with van der Waals surface area (Å²) in [6.45, 7) is 4.26. The number of halogens is 2. The van der Waals surface area contributed by atoms with Gasteiger partial charge in [-0.05, 0) is 35.8 Å². The summed E-state index contributed by atoms with van der Waals surface area (Å²) in [5, 5.41) is 11.4. The van der Waals surface area contributed by atoms with Crippen molar-refractivity contribution in [3.8, 4) is 0 Å². The minimum Gasteiger partial charge on any atom is -0.503 e. The molecule has 2 aliphatic heterocycles. The first kappa shape index (κ1) is 24.5. The molecule has 1 N–H and O–H groups in total. The predicted molar refractivity (Wildman–Crippen MR) is 133 cm³/mol. The van der Waals surface area contributed by atoms with Crippen LogP contribution in [0.3, 0.4) is 0 Å². The van der Waals surface area contributed by atoms with Gasteiger partial charge in [0.1, 0.15) is 0 Å². The number of ether oxygens (including phenoxy) is 1. The van der Waals surface area contributed by atoms with Crippen LogP contribution >= 0.6 is 23.2 Å². The number of rotatable bonds is 8. The van der Waals surface area contributed by atoms with Crippen LogP contribution in [0.25, 0.3) is 6.08 Å². The average Bonchev–Trinajstić information content (AvgIpc) is 3.11. The Morgan fingerprint density at radius 1 is 1.06 bits per heavy atom. The molecule has 4 rings (SSSR count). The Hall–Kier alpha value is -2.64. The second kappa shape index (κ2) is 11.2. The molecule has 1 atom stereocenters. The number of aliphatic hydroxyl groups is 1. The van der Waals surface area contributed by atoms with Crippen LogP contribution in [0, 0.1) is 0 Å². The van der Waals surface area contributed by atoms with Gasteiger partial charge in [0.05, 0.1) is 34.9 Å². The van der Waals surface area contributed by atoms with E-state index in [9.17, 15) is 14.7 Å². The Bertz CT molecular complexity index is 1110. The van der Waals surface area contributed by atoms with Crippen LogP contribution < -0.4 is 0 Å². The maximum atomic E-state index is 13.2. The number of aliphatic hydroxyl groups excluding tert-OH is 1. The number of ketones is 1.